The van der Waals surface area contributed by atoms with Crippen molar-refractivity contribution in [2.45, 2.75) is 30.9 Å². The highest BCUT2D eigenvalue weighted by Gasteiger charge is 2.34. The van der Waals surface area contributed by atoms with Crippen LogP contribution in [0.4, 0.5) is 5.69 Å². The van der Waals surface area contributed by atoms with Gasteiger partial charge in [-0.1, -0.05) is 13.0 Å². The third-order valence-corrected chi connectivity index (χ3v) is 7.23. The van der Waals surface area contributed by atoms with Gasteiger partial charge in [0.25, 0.3) is 15.9 Å². The number of hydrogen-bond donors (Lipinski definition) is 2. The first kappa shape index (κ1) is 25.8. The van der Waals surface area contributed by atoms with E-state index in [-0.39, 0.29) is 46.4 Å². The van der Waals surface area contributed by atoms with Gasteiger partial charge in [-0.05, 0) is 57.4 Å². The summed E-state index contributed by atoms with van der Waals surface area (Å²) in [5.41, 5.74) is 0.419. The molecular formula is C24H33N3O6S. The SMILES string of the molecule is COc1ccc(S(=O)(=O)Nc2cccc3c2O[C@H](CN(C)C)[C@@H](C)CN([C@H](C)CO)C3=O)cc1. The Morgan fingerprint density at radius 3 is 2.50 bits per heavy atom. The summed E-state index contributed by atoms with van der Waals surface area (Å²) in [5.74, 6) is 0.325. The van der Waals surface area contributed by atoms with Gasteiger partial charge < -0.3 is 24.4 Å². The van der Waals surface area contributed by atoms with Crippen molar-refractivity contribution in [1.82, 2.24) is 9.80 Å². The normalized spacial score (nSPS) is 19.6. The van der Waals surface area contributed by atoms with Gasteiger partial charge >= 0.3 is 0 Å². The molecule has 1 aliphatic rings. The van der Waals surface area contributed by atoms with Gasteiger partial charge in [0, 0.05) is 19.0 Å². The number of carbonyl (C=O) groups is 1. The van der Waals surface area contributed by atoms with Crippen LogP contribution in [0.5, 0.6) is 11.5 Å². The summed E-state index contributed by atoms with van der Waals surface area (Å²) in [4.78, 5) is 17.1. The molecule has 0 saturated heterocycles. The fourth-order valence-electron chi connectivity index (χ4n) is 3.86. The Labute approximate surface area is 201 Å². The van der Waals surface area contributed by atoms with Crippen molar-refractivity contribution in [2.24, 2.45) is 5.92 Å². The average molecular weight is 492 g/mol. The lowest BCUT2D eigenvalue weighted by atomic mass is 9.99. The Morgan fingerprint density at radius 1 is 1.24 bits per heavy atom. The number of rotatable bonds is 8. The molecule has 3 rings (SSSR count). The number of amides is 1. The average Bonchev–Trinajstić information content (AvgIpc) is 2.80. The van der Waals surface area contributed by atoms with Crippen LogP contribution in [0.3, 0.4) is 0 Å². The fourth-order valence-corrected chi connectivity index (χ4v) is 4.92. The second-order valence-electron chi connectivity index (χ2n) is 8.85. The number of fused-ring (bicyclic) bond motifs is 1. The van der Waals surface area contributed by atoms with Crippen molar-refractivity contribution in [1.29, 1.82) is 0 Å². The van der Waals surface area contributed by atoms with Crippen molar-refractivity contribution < 1.29 is 27.8 Å². The van der Waals surface area contributed by atoms with Crippen molar-refractivity contribution in [2.75, 3.05) is 45.6 Å². The highest BCUT2D eigenvalue weighted by atomic mass is 32.2. The largest absolute Gasteiger partial charge is 0.497 e. The number of nitrogens with zero attached hydrogens (tertiary/aromatic N) is 2. The Bertz CT molecular complexity index is 1100. The van der Waals surface area contributed by atoms with Crippen LogP contribution in [0.15, 0.2) is 47.4 Å². The highest BCUT2D eigenvalue weighted by molar-refractivity contribution is 7.92. The molecule has 2 aromatic rings. The molecule has 1 amide bonds. The minimum atomic E-state index is -3.96. The summed E-state index contributed by atoms with van der Waals surface area (Å²) in [7, 11) is 1.39. The quantitative estimate of drug-likeness (QED) is 0.583. The second-order valence-corrected chi connectivity index (χ2v) is 10.5. The molecule has 0 fully saturated rings. The van der Waals surface area contributed by atoms with E-state index in [0.717, 1.165) is 0 Å². The number of aliphatic hydroxyl groups excluding tert-OH is 1. The molecule has 186 valence electrons. The molecule has 10 heteroatoms. The Morgan fingerprint density at radius 2 is 1.91 bits per heavy atom. The number of aliphatic hydroxyl groups is 1. The van der Waals surface area contributed by atoms with Gasteiger partial charge in [-0.15, -0.1) is 0 Å². The fraction of sp³-hybridized carbons (Fsp3) is 0.458. The zero-order valence-corrected chi connectivity index (χ0v) is 21.0. The summed E-state index contributed by atoms with van der Waals surface area (Å²) >= 11 is 0. The molecular weight excluding hydrogens is 458 g/mol. The number of hydrogen-bond acceptors (Lipinski definition) is 7. The molecule has 0 aliphatic carbocycles. The van der Waals surface area contributed by atoms with Crippen molar-refractivity contribution in [3.8, 4) is 11.5 Å². The predicted octanol–water partition coefficient (Wildman–Crippen LogP) is 2.28. The van der Waals surface area contributed by atoms with Gasteiger partial charge in [-0.2, -0.15) is 0 Å². The monoisotopic (exact) mass is 491 g/mol. The topological polar surface area (TPSA) is 108 Å². The molecule has 2 N–H and O–H groups in total. The van der Waals surface area contributed by atoms with Crippen LogP contribution in [0.1, 0.15) is 24.2 Å². The van der Waals surface area contributed by atoms with Crippen molar-refractivity contribution >= 4 is 21.6 Å². The maximum Gasteiger partial charge on any atom is 0.262 e. The Balaban J connectivity index is 2.07. The van der Waals surface area contributed by atoms with Gasteiger partial charge in [0.05, 0.1) is 35.9 Å². The first-order chi connectivity index (χ1) is 16.1. The van der Waals surface area contributed by atoms with Crippen LogP contribution in [0.2, 0.25) is 0 Å². The van der Waals surface area contributed by atoms with E-state index < -0.39 is 16.1 Å². The summed E-state index contributed by atoms with van der Waals surface area (Å²) in [6, 6.07) is 10.4. The van der Waals surface area contributed by atoms with E-state index in [9.17, 15) is 18.3 Å². The van der Waals surface area contributed by atoms with Gasteiger partial charge in [-0.3, -0.25) is 9.52 Å². The lowest BCUT2D eigenvalue weighted by Crippen LogP contribution is -2.49. The standard InChI is InChI=1S/C24H33N3O6S/c1-16-13-27(17(2)15-28)24(29)20-7-6-8-21(23(20)33-22(16)14-26(3)4)25-34(30,31)19-11-9-18(32-5)10-12-19/h6-12,16-17,22,25,28H,13-15H2,1-5H3/t16-,17+,22+/m0/s1. The molecule has 3 atom stereocenters. The molecule has 0 radical (unpaired) electrons. The molecule has 34 heavy (non-hydrogen) atoms. The second kappa shape index (κ2) is 10.6. The Kier molecular flexibility index (Phi) is 8.06. The lowest BCUT2D eigenvalue weighted by Gasteiger charge is -2.38. The van der Waals surface area contributed by atoms with E-state index in [0.29, 0.717) is 18.8 Å². The van der Waals surface area contributed by atoms with E-state index >= 15 is 0 Å². The molecule has 0 unspecified atom stereocenters. The zero-order chi connectivity index (χ0) is 25.0. The molecule has 1 aliphatic heterocycles. The number of methoxy groups -OCH3 is 1. The molecule has 0 saturated carbocycles. The maximum absolute atomic E-state index is 13.5. The minimum absolute atomic E-state index is 0.0526. The summed E-state index contributed by atoms with van der Waals surface area (Å²) < 4.78 is 40.3. The van der Waals surface area contributed by atoms with Gasteiger partial charge in [0.15, 0.2) is 5.75 Å². The van der Waals surface area contributed by atoms with Gasteiger partial charge in [-0.25, -0.2) is 8.42 Å². The van der Waals surface area contributed by atoms with E-state index in [2.05, 4.69) is 4.72 Å². The number of sulfonamides is 1. The van der Waals surface area contributed by atoms with Crippen molar-refractivity contribution in [3.63, 3.8) is 0 Å². The minimum Gasteiger partial charge on any atom is -0.497 e. The van der Waals surface area contributed by atoms with E-state index in [1.807, 2.05) is 25.9 Å². The number of likely N-dealkylation sites (N-methyl/N-ethyl adjacent to an activating group) is 1. The number of benzene rings is 2. The molecule has 0 spiro atoms. The highest BCUT2D eigenvalue weighted by Crippen LogP contribution is 2.36. The molecule has 9 nitrogen and oxygen atoms in total. The van der Waals surface area contributed by atoms with Crippen LogP contribution in [0.25, 0.3) is 0 Å². The lowest BCUT2D eigenvalue weighted by molar-refractivity contribution is 0.0366. The van der Waals surface area contributed by atoms with Crippen LogP contribution in [-0.2, 0) is 10.0 Å². The van der Waals surface area contributed by atoms with E-state index in [4.69, 9.17) is 9.47 Å². The summed E-state index contributed by atoms with van der Waals surface area (Å²) in [5, 5.41) is 9.75. The van der Waals surface area contributed by atoms with Gasteiger partial charge in [0.1, 0.15) is 11.9 Å². The van der Waals surface area contributed by atoms with Crippen LogP contribution < -0.4 is 14.2 Å². The zero-order valence-electron chi connectivity index (χ0n) is 20.2. The molecule has 1 heterocycles. The first-order valence-corrected chi connectivity index (χ1v) is 12.6. The predicted molar refractivity (Wildman–Crippen MR) is 130 cm³/mol. The summed E-state index contributed by atoms with van der Waals surface area (Å²) in [6.07, 6.45) is -0.318. The van der Waals surface area contributed by atoms with E-state index in [1.54, 1.807) is 42.2 Å². The smallest absolute Gasteiger partial charge is 0.262 e. The molecule has 2 aromatic carbocycles. The number of anilines is 1. The Hall–Kier alpha value is -2.82. The van der Waals surface area contributed by atoms with Crippen LogP contribution in [-0.4, -0.2) is 82.3 Å². The first-order valence-electron chi connectivity index (χ1n) is 11.1. The molecule has 0 aromatic heterocycles. The molecule has 0 bridgehead atoms. The third kappa shape index (κ3) is 5.63. The maximum atomic E-state index is 13.5. The number of carbonyl (C=O) groups excluding carboxylic acids is 1. The number of para-hydroxylation sites is 1. The summed E-state index contributed by atoms with van der Waals surface area (Å²) in [6.45, 7) is 4.55. The van der Waals surface area contributed by atoms with E-state index in [1.165, 1.54) is 19.2 Å². The van der Waals surface area contributed by atoms with Crippen molar-refractivity contribution in [3.05, 3.63) is 48.0 Å². The number of ether oxygens (including phenoxy) is 2. The van der Waals surface area contributed by atoms with Gasteiger partial charge in [0.2, 0.25) is 0 Å². The number of nitrogens with one attached hydrogen (secondary N) is 1. The third-order valence-electron chi connectivity index (χ3n) is 5.85. The van der Waals surface area contributed by atoms with Crippen LogP contribution >= 0.6 is 0 Å². The van der Waals surface area contributed by atoms with Crippen LogP contribution in [0, 0.1) is 5.92 Å².